The normalized spacial score (nSPS) is 35.6. The second-order valence-corrected chi connectivity index (χ2v) is 10.0. The molecule has 0 aliphatic heterocycles. The largest absolute Gasteiger partial charge is 0.456 e. The molecule has 6 nitrogen and oxygen atoms in total. The predicted molar refractivity (Wildman–Crippen MR) is 94.2 cm³/mol. The Kier molecular flexibility index (Phi) is 4.17. The quantitative estimate of drug-likeness (QED) is 0.592. The Hall–Kier alpha value is -1.37. The Bertz CT molecular complexity index is 687. The lowest BCUT2D eigenvalue weighted by Crippen LogP contribution is -2.53. The maximum absolute atomic E-state index is 12.3. The Morgan fingerprint density at radius 2 is 2.08 bits per heavy atom. The number of nitrogens with one attached hydrogen (secondary N) is 1. The van der Waals surface area contributed by atoms with E-state index in [0.29, 0.717) is 18.0 Å². The fourth-order valence-corrected chi connectivity index (χ4v) is 7.16. The Balaban J connectivity index is 1.30. The summed E-state index contributed by atoms with van der Waals surface area (Å²) in [5.41, 5.74) is 0.0599. The predicted octanol–water partition coefficient (Wildman–Crippen LogP) is 3.59. The highest BCUT2D eigenvalue weighted by Crippen LogP contribution is 2.65. The molecule has 1 N–H and O–H groups in total. The van der Waals surface area contributed by atoms with Crippen LogP contribution in [0.1, 0.15) is 50.7 Å². The maximum Gasteiger partial charge on any atom is 0.306 e. The lowest BCUT2D eigenvalue weighted by Gasteiger charge is -2.60. The van der Waals surface area contributed by atoms with Gasteiger partial charge < -0.3 is 14.6 Å². The third-order valence-electron chi connectivity index (χ3n) is 5.89. The molecule has 2 unspecified atom stereocenters. The highest BCUT2D eigenvalue weighted by Gasteiger charge is 2.57. The third-order valence-corrected chi connectivity index (χ3v) is 6.82. The summed E-state index contributed by atoms with van der Waals surface area (Å²) in [6.07, 6.45) is 7.49. The Morgan fingerprint density at radius 3 is 2.68 bits per heavy atom. The zero-order valence-corrected chi connectivity index (χ0v) is 15.9. The fourth-order valence-electron chi connectivity index (χ4n) is 5.65. The summed E-state index contributed by atoms with van der Waals surface area (Å²) < 4.78 is 10.3. The second-order valence-electron chi connectivity index (χ2n) is 8.32. The zero-order chi connectivity index (χ0) is 17.7. The summed E-state index contributed by atoms with van der Waals surface area (Å²) in [7, 11) is 0. The van der Waals surface area contributed by atoms with Crippen molar-refractivity contribution in [1.29, 1.82) is 0 Å². The standard InChI is InChI=1S/C18H23BrN2O4/c1-11-2-14(21-25-11)20-15(22)9-24-16(23)8-17-4-12-3-13(5-17)7-18(19,6-12)10-17/h2,12-13H,3-10H2,1H3,(H,20,21,22)/t12-,13+,17?,18?. The second kappa shape index (κ2) is 6.11. The number of nitrogens with zero attached hydrogens (tertiary/aromatic N) is 1. The zero-order valence-electron chi connectivity index (χ0n) is 14.3. The minimum absolute atomic E-state index is 0.0599. The molecule has 0 aromatic carbocycles. The Labute approximate surface area is 155 Å². The van der Waals surface area contributed by atoms with E-state index in [1.807, 2.05) is 0 Å². The maximum atomic E-state index is 12.3. The van der Waals surface area contributed by atoms with Gasteiger partial charge in [0.2, 0.25) is 0 Å². The highest BCUT2D eigenvalue weighted by atomic mass is 79.9. The molecule has 0 saturated heterocycles. The number of hydrogen-bond acceptors (Lipinski definition) is 5. The number of ether oxygens (including phenoxy) is 1. The minimum atomic E-state index is -0.399. The lowest BCUT2D eigenvalue weighted by molar-refractivity contribution is -0.153. The van der Waals surface area contributed by atoms with Crippen molar-refractivity contribution >= 4 is 33.6 Å². The number of hydrogen-bond donors (Lipinski definition) is 1. The first-order valence-corrected chi connectivity index (χ1v) is 9.70. The van der Waals surface area contributed by atoms with Crippen molar-refractivity contribution < 1.29 is 18.8 Å². The van der Waals surface area contributed by atoms with E-state index in [4.69, 9.17) is 9.26 Å². The molecular weight excluding hydrogens is 388 g/mol. The molecule has 4 atom stereocenters. The van der Waals surface area contributed by atoms with Crippen molar-refractivity contribution in [3.63, 3.8) is 0 Å². The van der Waals surface area contributed by atoms with Crippen molar-refractivity contribution in [3.8, 4) is 0 Å². The molecule has 4 bridgehead atoms. The third kappa shape index (κ3) is 3.61. The lowest BCUT2D eigenvalue weighted by atomic mass is 9.49. The van der Waals surface area contributed by atoms with Crippen LogP contribution in [0.4, 0.5) is 5.82 Å². The first kappa shape index (κ1) is 17.1. The number of alkyl halides is 1. The monoisotopic (exact) mass is 410 g/mol. The minimum Gasteiger partial charge on any atom is -0.456 e. The van der Waals surface area contributed by atoms with Crippen LogP contribution < -0.4 is 5.32 Å². The molecular formula is C18H23BrN2O4. The van der Waals surface area contributed by atoms with Crippen molar-refractivity contribution in [2.75, 3.05) is 11.9 Å². The van der Waals surface area contributed by atoms with Crippen LogP contribution in [0.2, 0.25) is 0 Å². The van der Waals surface area contributed by atoms with Gasteiger partial charge in [-0.25, -0.2) is 0 Å². The molecule has 1 aromatic heterocycles. The van der Waals surface area contributed by atoms with Crippen LogP contribution in [0.15, 0.2) is 10.6 Å². The molecule has 4 saturated carbocycles. The molecule has 1 aromatic rings. The van der Waals surface area contributed by atoms with Crippen molar-refractivity contribution in [1.82, 2.24) is 5.16 Å². The van der Waals surface area contributed by atoms with E-state index in [1.165, 1.54) is 19.3 Å². The van der Waals surface area contributed by atoms with E-state index in [2.05, 4.69) is 26.4 Å². The molecule has 0 radical (unpaired) electrons. The van der Waals surface area contributed by atoms with E-state index in [0.717, 1.165) is 31.1 Å². The van der Waals surface area contributed by atoms with E-state index < -0.39 is 5.91 Å². The van der Waals surface area contributed by atoms with Crippen LogP contribution in [-0.2, 0) is 14.3 Å². The first-order valence-electron chi connectivity index (χ1n) is 8.91. The van der Waals surface area contributed by atoms with Gasteiger partial charge in [0.05, 0.1) is 6.42 Å². The summed E-state index contributed by atoms with van der Waals surface area (Å²) >= 11 is 3.95. The molecule has 4 fully saturated rings. The van der Waals surface area contributed by atoms with Gasteiger partial charge in [0.1, 0.15) is 5.76 Å². The summed E-state index contributed by atoms with van der Waals surface area (Å²) in [4.78, 5) is 24.2. The highest BCUT2D eigenvalue weighted by molar-refractivity contribution is 9.10. The molecule has 136 valence electrons. The van der Waals surface area contributed by atoms with Crippen molar-refractivity contribution in [2.45, 2.75) is 56.2 Å². The van der Waals surface area contributed by atoms with Crippen LogP contribution in [-0.4, -0.2) is 28.0 Å². The number of aryl methyl sites for hydroxylation is 1. The molecule has 7 heteroatoms. The number of rotatable bonds is 5. The van der Waals surface area contributed by atoms with Gasteiger partial charge in [-0.3, -0.25) is 9.59 Å². The number of amides is 1. The number of carbonyl (C=O) groups is 2. The van der Waals surface area contributed by atoms with Gasteiger partial charge in [-0.05, 0) is 62.7 Å². The Morgan fingerprint density at radius 1 is 1.36 bits per heavy atom. The molecule has 4 aliphatic carbocycles. The number of halogens is 1. The number of carbonyl (C=O) groups excluding carboxylic acids is 2. The fraction of sp³-hybridized carbons (Fsp3) is 0.722. The van der Waals surface area contributed by atoms with E-state index in [-0.39, 0.29) is 22.3 Å². The molecule has 0 spiro atoms. The summed E-state index contributed by atoms with van der Waals surface area (Å²) in [5.74, 6) is 1.73. The number of anilines is 1. The topological polar surface area (TPSA) is 81.4 Å². The van der Waals surface area contributed by atoms with E-state index in [9.17, 15) is 9.59 Å². The number of esters is 1. The van der Waals surface area contributed by atoms with Gasteiger partial charge >= 0.3 is 5.97 Å². The van der Waals surface area contributed by atoms with E-state index >= 15 is 0 Å². The van der Waals surface area contributed by atoms with Crippen LogP contribution >= 0.6 is 15.9 Å². The van der Waals surface area contributed by atoms with Crippen LogP contribution in [0, 0.1) is 24.2 Å². The molecule has 25 heavy (non-hydrogen) atoms. The van der Waals surface area contributed by atoms with E-state index in [1.54, 1.807) is 13.0 Å². The smallest absolute Gasteiger partial charge is 0.306 e. The first-order chi connectivity index (χ1) is 11.8. The summed E-state index contributed by atoms with van der Waals surface area (Å²) in [6, 6.07) is 1.62. The molecule has 4 aliphatic rings. The molecule has 1 heterocycles. The van der Waals surface area contributed by atoms with Gasteiger partial charge in [0.25, 0.3) is 5.91 Å². The van der Waals surface area contributed by atoms with Gasteiger partial charge in [-0.1, -0.05) is 21.1 Å². The van der Waals surface area contributed by atoms with Gasteiger partial charge in [-0.2, -0.15) is 0 Å². The van der Waals surface area contributed by atoms with Crippen LogP contribution in [0.25, 0.3) is 0 Å². The summed E-state index contributed by atoms with van der Waals surface area (Å²) in [5, 5.41) is 6.24. The van der Waals surface area contributed by atoms with Crippen LogP contribution in [0.3, 0.4) is 0 Å². The van der Waals surface area contributed by atoms with Gasteiger partial charge in [-0.15, -0.1) is 0 Å². The molecule has 1 amide bonds. The van der Waals surface area contributed by atoms with Gasteiger partial charge in [0.15, 0.2) is 12.4 Å². The van der Waals surface area contributed by atoms with Crippen LogP contribution in [0.5, 0.6) is 0 Å². The SMILES string of the molecule is Cc1cc(NC(=O)COC(=O)CC23C[C@@H]4C[C@@H](CC(Br)(C4)C2)C3)no1. The van der Waals surface area contributed by atoms with Crippen molar-refractivity contribution in [2.24, 2.45) is 17.3 Å². The average molecular weight is 411 g/mol. The van der Waals surface area contributed by atoms with Crippen molar-refractivity contribution in [3.05, 3.63) is 11.8 Å². The number of aromatic nitrogens is 1. The summed E-state index contributed by atoms with van der Waals surface area (Å²) in [6.45, 7) is 1.46. The van der Waals surface area contributed by atoms with Gasteiger partial charge in [0, 0.05) is 10.4 Å². The average Bonchev–Trinajstić information content (AvgIpc) is 2.87. The molecule has 5 rings (SSSR count).